The van der Waals surface area contributed by atoms with Crippen LogP contribution in [0.5, 0.6) is 0 Å². The number of aromatic nitrogens is 2. The Balaban J connectivity index is 1.12. The summed E-state index contributed by atoms with van der Waals surface area (Å²) in [5.74, 6) is 0. The number of benzene rings is 14. The average molecular weight is 1330 g/mol. The minimum absolute atomic E-state index is 0.202. The van der Waals surface area contributed by atoms with Crippen LogP contribution in [-0.2, 0) is 16.2 Å². The standard InChI is InChI=1S/C96H79BN4/c1-94(2,3)68-54-76(63-33-17-11-18-34-63)92(77(55-68)64-35-19-12-20-36-64)100-87-60-71(98-83-44-28-25-41-73(83)74-42-26-29-45-84(74)98)48-50-81(87)97-82-51-49-72(99-85-46-30-27-43-75(85)80-53-67(47-52-86(80)99)62-31-15-10-16-32-62)61-88(82)101(90-59-70(96(7,8)9)58-89(100)91(90)97)93-78(65-37-21-13-22-38-65)56-69(95(4,5)6)57-79(93)66-39-23-14-24-40-66/h10-61H,1-9H3/i10D,15D,16D,25D,26D,27D,28D,29D,30D,31D,32D,41D,42D,43D,44D,45D,46D,47D,48D,49D,50D,51D,52D,53D,60D,61D. The molecular formula is C96H79BN4. The lowest BCUT2D eigenvalue weighted by molar-refractivity contribution is 0.590. The van der Waals surface area contributed by atoms with Crippen molar-refractivity contribution < 1.29 is 35.6 Å². The molecule has 101 heavy (non-hydrogen) atoms. The average Bonchev–Trinajstić information content (AvgIpc) is 1.51. The van der Waals surface area contributed by atoms with E-state index >= 15 is 0 Å². The Morgan fingerprint density at radius 2 is 0.624 bits per heavy atom. The molecule has 4 heterocycles. The van der Waals surface area contributed by atoms with Gasteiger partial charge in [0.05, 0.1) is 69.1 Å². The van der Waals surface area contributed by atoms with E-state index in [0.717, 1.165) is 20.3 Å². The van der Waals surface area contributed by atoms with Crippen LogP contribution in [0.2, 0.25) is 0 Å². The second-order valence-electron chi connectivity index (χ2n) is 28.9. The molecule has 18 rings (SSSR count). The quantitative estimate of drug-likeness (QED) is 0.134. The van der Waals surface area contributed by atoms with Crippen molar-refractivity contribution in [1.29, 1.82) is 0 Å². The van der Waals surface area contributed by atoms with Crippen molar-refractivity contribution in [3.05, 3.63) is 332 Å². The molecule has 5 heteroatoms. The maximum atomic E-state index is 11.9. The van der Waals surface area contributed by atoms with Crippen LogP contribution in [0, 0.1) is 0 Å². The Morgan fingerprint density at radius 3 is 1.00 bits per heavy atom. The third-order valence-electron chi connectivity index (χ3n) is 19.5. The lowest BCUT2D eigenvalue weighted by Crippen LogP contribution is -2.61. The van der Waals surface area contributed by atoms with E-state index < -0.39 is 235 Å². The van der Waals surface area contributed by atoms with Crippen LogP contribution < -0.4 is 26.2 Å². The highest BCUT2D eigenvalue weighted by atomic mass is 15.2. The third-order valence-corrected chi connectivity index (χ3v) is 19.5. The summed E-state index contributed by atoms with van der Waals surface area (Å²) in [7, 11) is 0. The highest BCUT2D eigenvalue weighted by Gasteiger charge is 2.47. The molecule has 0 aliphatic carbocycles. The van der Waals surface area contributed by atoms with E-state index in [-0.39, 0.29) is 49.9 Å². The molecule has 486 valence electrons. The largest absolute Gasteiger partial charge is 0.310 e. The smallest absolute Gasteiger partial charge is 0.252 e. The van der Waals surface area contributed by atoms with Crippen molar-refractivity contribution in [1.82, 2.24) is 9.13 Å². The molecule has 0 unspecified atom stereocenters. The lowest BCUT2D eigenvalue weighted by atomic mass is 9.33. The van der Waals surface area contributed by atoms with Crippen molar-refractivity contribution in [2.75, 3.05) is 9.80 Å². The molecule has 0 fully saturated rings. The second kappa shape index (κ2) is 23.5. The summed E-state index contributed by atoms with van der Waals surface area (Å²) in [5, 5.41) is -1.76. The van der Waals surface area contributed by atoms with Gasteiger partial charge in [-0.15, -0.1) is 0 Å². The van der Waals surface area contributed by atoms with Gasteiger partial charge in [-0.05, 0) is 173 Å². The molecule has 2 aliphatic heterocycles. The van der Waals surface area contributed by atoms with Crippen molar-refractivity contribution in [3.63, 3.8) is 0 Å². The maximum absolute atomic E-state index is 11.9. The molecule has 14 aromatic carbocycles. The van der Waals surface area contributed by atoms with Gasteiger partial charge in [0.2, 0.25) is 0 Å². The Hall–Kier alpha value is -11.7. The first kappa shape index (κ1) is 39.8. The summed E-state index contributed by atoms with van der Waals surface area (Å²) in [6.45, 7) is 16.7. The normalized spacial score (nSPS) is 16.5. The Bertz CT molecular complexity index is 7340. The van der Waals surface area contributed by atoms with Gasteiger partial charge in [-0.2, -0.15) is 0 Å². The summed E-state index contributed by atoms with van der Waals surface area (Å²) in [4.78, 5) is 3.70. The topological polar surface area (TPSA) is 16.3 Å². The first-order chi connectivity index (χ1) is 59.9. The summed E-state index contributed by atoms with van der Waals surface area (Å²) in [6.07, 6.45) is 0. The monoisotopic (exact) mass is 1320 g/mol. The van der Waals surface area contributed by atoms with Crippen molar-refractivity contribution >= 4 is 101 Å². The van der Waals surface area contributed by atoms with E-state index in [1.807, 2.05) is 164 Å². The van der Waals surface area contributed by atoms with E-state index in [4.69, 9.17) is 6.85 Å². The van der Waals surface area contributed by atoms with Gasteiger partial charge in [-0.1, -0.05) is 286 Å². The van der Waals surface area contributed by atoms with Crippen LogP contribution in [0.3, 0.4) is 0 Å². The third kappa shape index (κ3) is 10.2. The highest BCUT2D eigenvalue weighted by molar-refractivity contribution is 7.00. The van der Waals surface area contributed by atoms with Gasteiger partial charge < -0.3 is 18.9 Å². The van der Waals surface area contributed by atoms with Crippen molar-refractivity contribution in [2.45, 2.75) is 78.6 Å². The molecule has 2 aliphatic rings. The minimum atomic E-state index is -1.71. The van der Waals surface area contributed by atoms with Gasteiger partial charge in [-0.25, -0.2) is 0 Å². The first-order valence-electron chi connectivity index (χ1n) is 46.7. The molecule has 0 radical (unpaired) electrons. The highest BCUT2D eigenvalue weighted by Crippen LogP contribution is 2.56. The predicted octanol–water partition coefficient (Wildman–Crippen LogP) is 24.2. The summed E-state index contributed by atoms with van der Waals surface area (Å²) in [6, 6.07) is 29.4. The van der Waals surface area contributed by atoms with Gasteiger partial charge in [0.15, 0.2) is 0 Å². The molecule has 0 saturated carbocycles. The molecular weight excluding hydrogens is 1220 g/mol. The summed E-state index contributed by atoms with van der Waals surface area (Å²) >= 11 is 0. The van der Waals surface area contributed by atoms with Crippen LogP contribution in [-0.4, -0.2) is 15.8 Å². The Morgan fingerprint density at radius 1 is 0.287 bits per heavy atom. The maximum Gasteiger partial charge on any atom is 0.252 e. The fourth-order valence-electron chi connectivity index (χ4n) is 14.5. The fraction of sp³-hybridized carbons (Fsp3) is 0.125. The zero-order valence-electron chi connectivity index (χ0n) is 82.9. The Labute approximate surface area is 630 Å². The molecule has 0 bridgehead atoms. The van der Waals surface area contributed by atoms with Crippen LogP contribution >= 0.6 is 0 Å². The Kier molecular flexibility index (Phi) is 9.26. The summed E-state index contributed by atoms with van der Waals surface area (Å²) in [5.41, 5.74) is 1.01. The van der Waals surface area contributed by atoms with Crippen LogP contribution in [0.1, 0.15) is 115 Å². The number of hydrogen-bond donors (Lipinski definition) is 0. The number of hydrogen-bond acceptors (Lipinski definition) is 2. The molecule has 0 atom stereocenters. The van der Waals surface area contributed by atoms with Gasteiger partial charge in [-0.3, -0.25) is 0 Å². The number of fused-ring (bicyclic) bond motifs is 10. The lowest BCUT2D eigenvalue weighted by Gasteiger charge is -2.47. The van der Waals surface area contributed by atoms with Crippen LogP contribution in [0.25, 0.3) is 111 Å². The van der Waals surface area contributed by atoms with Crippen molar-refractivity contribution in [2.24, 2.45) is 0 Å². The molecule has 0 N–H and O–H groups in total. The SMILES string of the molecule is [2H]c1c([2H])c([2H])c(-c2c([2H])c([2H])c3c(c2[2H])c2c([2H])c([2H])c([2H])c([2H])c2n3-c2c([2H])c([2H])c3c(c2[2H])N(c2c(-c4ccccc4)cc(C(C)(C)C)cc2-c2ccccc2)c2cc(C(C)(C)C)cc4c2B3c2c([2H])c([2H])c(-n3c5c([2H])c([2H])c([2H])c([2H])c5c5c([2H])c([2H])c([2H])c([2H])c53)c([2H])c2N4c2c(-c3ccccc3)cc(C(C)(C)C)cc2-c2ccccc2)c([2H])c1[2H]. The van der Waals surface area contributed by atoms with E-state index in [9.17, 15) is 28.8 Å². The molecule has 4 nitrogen and oxygen atoms in total. The molecule has 0 saturated heterocycles. The van der Waals surface area contributed by atoms with Gasteiger partial charge in [0.1, 0.15) is 0 Å². The molecule has 16 aromatic rings. The molecule has 0 spiro atoms. The van der Waals surface area contributed by atoms with Gasteiger partial charge >= 0.3 is 0 Å². The van der Waals surface area contributed by atoms with E-state index in [0.29, 0.717) is 61.4 Å². The first-order valence-corrected chi connectivity index (χ1v) is 33.7. The van der Waals surface area contributed by atoms with Crippen LogP contribution in [0.4, 0.5) is 34.1 Å². The predicted molar refractivity (Wildman–Crippen MR) is 432 cm³/mol. The molecule has 2 aromatic heterocycles. The summed E-state index contributed by atoms with van der Waals surface area (Å²) < 4.78 is 261. The zero-order valence-corrected chi connectivity index (χ0v) is 56.9. The van der Waals surface area contributed by atoms with Crippen LogP contribution in [0.15, 0.2) is 315 Å². The number of anilines is 6. The second-order valence-corrected chi connectivity index (χ2v) is 28.9. The van der Waals surface area contributed by atoms with Gasteiger partial charge in [0, 0.05) is 77.9 Å². The van der Waals surface area contributed by atoms with E-state index in [1.54, 1.807) is 0 Å². The van der Waals surface area contributed by atoms with Gasteiger partial charge in [0.25, 0.3) is 6.71 Å². The number of nitrogens with zero attached hydrogens (tertiary/aromatic N) is 4. The number of para-hydroxylation sites is 3. The minimum Gasteiger partial charge on any atom is -0.310 e. The number of rotatable bonds is 9. The van der Waals surface area contributed by atoms with Crippen molar-refractivity contribution in [3.8, 4) is 67.0 Å². The van der Waals surface area contributed by atoms with E-state index in [2.05, 4.69) is 65.8 Å². The fourth-order valence-corrected chi connectivity index (χ4v) is 14.5. The molecule has 0 amide bonds. The zero-order chi connectivity index (χ0) is 91.3. The van der Waals surface area contributed by atoms with E-state index in [1.165, 1.54) is 0 Å².